The van der Waals surface area contributed by atoms with Gasteiger partial charge in [0.2, 0.25) is 0 Å². The van der Waals surface area contributed by atoms with Crippen molar-refractivity contribution in [2.24, 2.45) is 0 Å². The molecule has 0 heterocycles. The lowest BCUT2D eigenvalue weighted by Crippen LogP contribution is -2.35. The molecule has 5 heteroatoms. The Morgan fingerprint density at radius 2 is 2.50 bits per heavy atom. The van der Waals surface area contributed by atoms with Gasteiger partial charge in [-0.2, -0.15) is 11.8 Å². The molecule has 0 aromatic heterocycles. The minimum Gasteiger partial charge on any atom is -0.480 e. The van der Waals surface area contributed by atoms with Crippen molar-refractivity contribution in [3.8, 4) is 0 Å². The average molecular weight is 179 g/mol. The van der Waals surface area contributed by atoms with Crippen molar-refractivity contribution in [3.05, 3.63) is 0 Å². The first-order valence-electron chi connectivity index (χ1n) is 3.11. The minimum atomic E-state index is -0.732. The summed E-state index contributed by atoms with van der Waals surface area (Å²) in [7, 11) is 0.747. The number of rotatable bonds is 5. The Morgan fingerprint density at radius 1 is 1.90 bits per heavy atom. The molecule has 0 radical (unpaired) electrons. The maximum atomic E-state index is 10.4. The molecule has 3 nitrogen and oxygen atoms in total. The van der Waals surface area contributed by atoms with Crippen molar-refractivity contribution in [2.75, 3.05) is 12.0 Å². The fourth-order valence-corrected chi connectivity index (χ4v) is 1.63. The summed E-state index contributed by atoms with van der Waals surface area (Å²) in [6, 6.07) is -0.320. The van der Waals surface area contributed by atoms with Crippen molar-refractivity contribution < 1.29 is 9.90 Å². The molecule has 0 fully saturated rings. The quantitative estimate of drug-likeness (QED) is 0.535. The maximum absolute atomic E-state index is 10.4. The zero-order valence-electron chi connectivity index (χ0n) is 6.26. The largest absolute Gasteiger partial charge is 0.480 e. The minimum absolute atomic E-state index is 0.320. The summed E-state index contributed by atoms with van der Waals surface area (Å²) in [5.41, 5.74) is 0. The van der Waals surface area contributed by atoms with Gasteiger partial charge in [-0.25, -0.2) is 0 Å². The number of carbonyl (C=O) groups is 1. The SMILES string of the molecule is CSCC[C@H](N[SiH3])C(=O)O. The normalized spacial score (nSPS) is 13.3. The van der Waals surface area contributed by atoms with Gasteiger partial charge in [-0.3, -0.25) is 4.79 Å². The number of hydrogen-bond donors (Lipinski definition) is 2. The van der Waals surface area contributed by atoms with E-state index in [1.165, 1.54) is 0 Å². The number of carboxylic acids is 1. The molecular weight excluding hydrogens is 166 g/mol. The molecule has 0 spiro atoms. The monoisotopic (exact) mass is 179 g/mol. The number of thioether (sulfide) groups is 1. The zero-order chi connectivity index (χ0) is 7.98. The molecule has 0 aliphatic carbocycles. The number of carboxylic acid groups (broad SMARTS) is 1. The Hall–Kier alpha value is -0.00312. The third-order valence-electron chi connectivity index (χ3n) is 1.26. The Bertz CT molecular complexity index is 112. The van der Waals surface area contributed by atoms with Crippen LogP contribution in [0, 0.1) is 0 Å². The average Bonchev–Trinajstić information content (AvgIpc) is 1.89. The Kier molecular flexibility index (Phi) is 5.76. The van der Waals surface area contributed by atoms with Crippen LogP contribution in [0.15, 0.2) is 0 Å². The molecule has 0 saturated heterocycles. The van der Waals surface area contributed by atoms with E-state index in [1.807, 2.05) is 6.26 Å². The van der Waals surface area contributed by atoms with Gasteiger partial charge in [0.1, 0.15) is 0 Å². The third-order valence-corrected chi connectivity index (χ3v) is 2.60. The van der Waals surface area contributed by atoms with Crippen molar-refractivity contribution in [2.45, 2.75) is 12.5 Å². The number of hydrogen-bond acceptors (Lipinski definition) is 3. The number of nitrogens with one attached hydrogen (secondary N) is 1. The Morgan fingerprint density at radius 3 is 2.80 bits per heavy atom. The van der Waals surface area contributed by atoms with Crippen LogP contribution in [0.5, 0.6) is 0 Å². The summed E-state index contributed by atoms with van der Waals surface area (Å²) in [5.74, 6) is 0.177. The van der Waals surface area contributed by atoms with Crippen molar-refractivity contribution in [1.29, 1.82) is 0 Å². The van der Waals surface area contributed by atoms with Crippen molar-refractivity contribution in [1.82, 2.24) is 4.98 Å². The smallest absolute Gasteiger partial charge is 0.320 e. The Labute approximate surface area is 68.1 Å². The maximum Gasteiger partial charge on any atom is 0.320 e. The van der Waals surface area contributed by atoms with Gasteiger partial charge in [-0.05, 0) is 18.4 Å². The molecule has 0 amide bonds. The van der Waals surface area contributed by atoms with E-state index in [-0.39, 0.29) is 6.04 Å². The highest BCUT2D eigenvalue weighted by molar-refractivity contribution is 7.98. The van der Waals surface area contributed by atoms with Crippen LogP contribution in [0.3, 0.4) is 0 Å². The second kappa shape index (κ2) is 5.76. The van der Waals surface area contributed by atoms with E-state index in [1.54, 1.807) is 11.8 Å². The van der Waals surface area contributed by atoms with E-state index in [0.717, 1.165) is 22.6 Å². The molecule has 0 aliphatic heterocycles. The van der Waals surface area contributed by atoms with E-state index in [0.29, 0.717) is 0 Å². The van der Waals surface area contributed by atoms with Crippen LogP contribution in [0.1, 0.15) is 6.42 Å². The Balaban J connectivity index is 3.50. The lowest BCUT2D eigenvalue weighted by atomic mass is 10.2. The summed E-state index contributed by atoms with van der Waals surface area (Å²) in [5, 5.41) is 8.55. The van der Waals surface area contributed by atoms with Gasteiger partial charge < -0.3 is 10.1 Å². The van der Waals surface area contributed by atoms with Crippen LogP contribution in [-0.4, -0.2) is 39.5 Å². The molecule has 0 unspecified atom stereocenters. The van der Waals surface area contributed by atoms with E-state index in [9.17, 15) is 4.79 Å². The highest BCUT2D eigenvalue weighted by atomic mass is 32.2. The van der Waals surface area contributed by atoms with Crippen molar-refractivity contribution in [3.63, 3.8) is 0 Å². The van der Waals surface area contributed by atoms with Crippen LogP contribution in [-0.2, 0) is 4.79 Å². The molecule has 0 saturated carbocycles. The van der Waals surface area contributed by atoms with Crippen molar-refractivity contribution >= 4 is 28.1 Å². The molecule has 0 bridgehead atoms. The summed E-state index contributed by atoms with van der Waals surface area (Å²) in [6.07, 6.45) is 2.70. The van der Waals surface area contributed by atoms with E-state index >= 15 is 0 Å². The summed E-state index contributed by atoms with van der Waals surface area (Å²) < 4.78 is 0. The molecule has 1 atom stereocenters. The van der Waals surface area contributed by atoms with Crippen LogP contribution in [0.4, 0.5) is 0 Å². The molecule has 0 aliphatic rings. The third kappa shape index (κ3) is 3.92. The summed E-state index contributed by atoms with van der Waals surface area (Å²) in [6.45, 7) is 0. The number of aliphatic carboxylic acids is 1. The van der Waals surface area contributed by atoms with Crippen LogP contribution in [0.25, 0.3) is 0 Å². The molecule has 0 rings (SSSR count). The molecule has 0 aromatic rings. The van der Waals surface area contributed by atoms with Gasteiger partial charge in [-0.15, -0.1) is 0 Å². The topological polar surface area (TPSA) is 49.3 Å². The molecular formula is C5H13NO2SSi. The van der Waals surface area contributed by atoms with Crippen LogP contribution < -0.4 is 4.98 Å². The molecule has 2 N–H and O–H groups in total. The van der Waals surface area contributed by atoms with E-state index < -0.39 is 5.97 Å². The standard InChI is InChI=1S/C5H13NO2SSi/c1-9-3-2-4(6-10)5(7)8/h4,6H,2-3H2,1,10H3,(H,7,8)/t4-/m0/s1. The first-order valence-corrected chi connectivity index (χ1v) is 5.50. The molecule has 60 valence electrons. The van der Waals surface area contributed by atoms with Gasteiger partial charge >= 0.3 is 5.97 Å². The first-order chi connectivity index (χ1) is 4.72. The lowest BCUT2D eigenvalue weighted by Gasteiger charge is -2.08. The molecule has 0 aromatic carbocycles. The van der Waals surface area contributed by atoms with Crippen LogP contribution in [0.2, 0.25) is 0 Å². The van der Waals surface area contributed by atoms with Crippen LogP contribution >= 0.6 is 11.8 Å². The van der Waals surface area contributed by atoms with E-state index in [4.69, 9.17) is 5.11 Å². The highest BCUT2D eigenvalue weighted by Crippen LogP contribution is 1.99. The fraction of sp³-hybridized carbons (Fsp3) is 0.800. The second-order valence-electron chi connectivity index (χ2n) is 1.96. The predicted octanol–water partition coefficient (Wildman–Crippen LogP) is -0.937. The molecule has 10 heavy (non-hydrogen) atoms. The first kappa shape index (κ1) is 10.00. The van der Waals surface area contributed by atoms with Gasteiger partial charge in [-0.1, -0.05) is 0 Å². The summed E-state index contributed by atoms with van der Waals surface area (Å²) in [4.78, 5) is 13.2. The van der Waals surface area contributed by atoms with Gasteiger partial charge in [0.25, 0.3) is 0 Å². The van der Waals surface area contributed by atoms with E-state index in [2.05, 4.69) is 4.98 Å². The lowest BCUT2D eigenvalue weighted by molar-refractivity contribution is -0.138. The fourth-order valence-electron chi connectivity index (χ4n) is 0.627. The van der Waals surface area contributed by atoms with Gasteiger partial charge in [0.15, 0.2) is 0 Å². The van der Waals surface area contributed by atoms with Gasteiger partial charge in [0, 0.05) is 0 Å². The zero-order valence-corrected chi connectivity index (χ0v) is 9.07. The summed E-state index contributed by atoms with van der Waals surface area (Å²) >= 11 is 1.67. The van der Waals surface area contributed by atoms with Gasteiger partial charge in [0.05, 0.1) is 16.4 Å². The second-order valence-corrected chi connectivity index (χ2v) is 3.52. The highest BCUT2D eigenvalue weighted by Gasteiger charge is 2.12. The predicted molar refractivity (Wildman–Crippen MR) is 47.5 cm³/mol.